The van der Waals surface area contributed by atoms with Crippen LogP contribution in [0.3, 0.4) is 0 Å². The number of non-ortho nitro benzene ring substituents is 1. The van der Waals surface area contributed by atoms with Gasteiger partial charge in [0.25, 0.3) is 5.69 Å². The first-order valence-electron chi connectivity index (χ1n) is 10.8. The Hall–Kier alpha value is -4.10. The van der Waals surface area contributed by atoms with Crippen molar-refractivity contribution in [2.75, 3.05) is 16.1 Å². The SMILES string of the molecule is Cc1ccc(Nc2nc(N/N=C/c3cc(Br)cc(Br)c3O)nc(Nc3ccc([N+](=O)[O-])cc3)n2)cc1C. The summed E-state index contributed by atoms with van der Waals surface area (Å²) in [4.78, 5) is 23.6. The molecule has 0 radical (unpaired) electrons. The highest BCUT2D eigenvalue weighted by Crippen LogP contribution is 2.30. The van der Waals surface area contributed by atoms with Crippen LogP contribution in [0.2, 0.25) is 0 Å². The predicted molar refractivity (Wildman–Crippen MR) is 150 cm³/mol. The molecule has 188 valence electrons. The van der Waals surface area contributed by atoms with Crippen molar-refractivity contribution in [1.82, 2.24) is 15.0 Å². The lowest BCUT2D eigenvalue weighted by Crippen LogP contribution is -2.07. The summed E-state index contributed by atoms with van der Waals surface area (Å²) in [5.41, 5.74) is 6.77. The maximum Gasteiger partial charge on any atom is 0.269 e. The van der Waals surface area contributed by atoms with Gasteiger partial charge in [-0.15, -0.1) is 0 Å². The van der Waals surface area contributed by atoms with Gasteiger partial charge in [0.15, 0.2) is 0 Å². The highest BCUT2D eigenvalue weighted by molar-refractivity contribution is 9.11. The normalized spacial score (nSPS) is 10.9. The Balaban J connectivity index is 1.62. The van der Waals surface area contributed by atoms with E-state index in [9.17, 15) is 15.2 Å². The number of hydrogen-bond donors (Lipinski definition) is 4. The largest absolute Gasteiger partial charge is 0.506 e. The molecule has 0 bridgehead atoms. The van der Waals surface area contributed by atoms with Gasteiger partial charge in [0.2, 0.25) is 17.8 Å². The molecule has 0 atom stereocenters. The van der Waals surface area contributed by atoms with Crippen LogP contribution < -0.4 is 16.1 Å². The van der Waals surface area contributed by atoms with Gasteiger partial charge in [-0.05, 0) is 77.3 Å². The fourth-order valence-electron chi connectivity index (χ4n) is 3.13. The Morgan fingerprint density at radius 1 is 0.892 bits per heavy atom. The average molecular weight is 628 g/mol. The van der Waals surface area contributed by atoms with Crippen LogP contribution in [0.5, 0.6) is 5.75 Å². The zero-order valence-electron chi connectivity index (χ0n) is 19.5. The quantitative estimate of drug-likeness (QED) is 0.0967. The minimum Gasteiger partial charge on any atom is -0.506 e. The summed E-state index contributed by atoms with van der Waals surface area (Å²) in [6.07, 6.45) is 1.43. The molecular formula is C24H20Br2N8O3. The highest BCUT2D eigenvalue weighted by Gasteiger charge is 2.10. The molecule has 4 N–H and O–H groups in total. The Bertz CT molecular complexity index is 1500. The van der Waals surface area contributed by atoms with E-state index in [1.54, 1.807) is 24.3 Å². The van der Waals surface area contributed by atoms with Crippen LogP contribution in [0.4, 0.5) is 34.9 Å². The molecule has 1 aromatic heterocycles. The molecule has 0 saturated heterocycles. The molecule has 11 nitrogen and oxygen atoms in total. The number of phenols is 1. The first-order chi connectivity index (χ1) is 17.7. The maximum atomic E-state index is 10.9. The predicted octanol–water partition coefficient (Wildman–Crippen LogP) is 6.56. The van der Waals surface area contributed by atoms with Gasteiger partial charge in [-0.3, -0.25) is 10.1 Å². The number of aryl methyl sites for hydroxylation is 2. The number of phenolic OH excluding ortho intramolecular Hbond substituents is 1. The van der Waals surface area contributed by atoms with E-state index < -0.39 is 4.92 Å². The van der Waals surface area contributed by atoms with Crippen molar-refractivity contribution in [2.24, 2.45) is 5.10 Å². The number of hydrazone groups is 1. The third-order valence-corrected chi connectivity index (χ3v) is 6.22. The second kappa shape index (κ2) is 11.3. The summed E-state index contributed by atoms with van der Waals surface area (Å²) in [5.74, 6) is 0.576. The van der Waals surface area contributed by atoms with Gasteiger partial charge >= 0.3 is 0 Å². The van der Waals surface area contributed by atoms with Gasteiger partial charge in [-0.1, -0.05) is 22.0 Å². The molecule has 1 heterocycles. The number of rotatable bonds is 8. The Labute approximate surface area is 228 Å². The third-order valence-electron chi connectivity index (χ3n) is 5.16. The topological polar surface area (TPSA) is 150 Å². The summed E-state index contributed by atoms with van der Waals surface area (Å²) in [5, 5.41) is 31.5. The summed E-state index contributed by atoms with van der Waals surface area (Å²) in [7, 11) is 0. The molecule has 0 aliphatic rings. The van der Waals surface area contributed by atoms with E-state index >= 15 is 0 Å². The zero-order valence-corrected chi connectivity index (χ0v) is 22.7. The van der Waals surface area contributed by atoms with Crippen molar-refractivity contribution < 1.29 is 10.0 Å². The number of anilines is 5. The molecule has 0 unspecified atom stereocenters. The van der Waals surface area contributed by atoms with Crippen molar-refractivity contribution in [3.63, 3.8) is 0 Å². The molecular weight excluding hydrogens is 608 g/mol. The van der Waals surface area contributed by atoms with Crippen molar-refractivity contribution in [3.8, 4) is 5.75 Å². The molecule has 0 fully saturated rings. The molecule has 0 saturated carbocycles. The number of aromatic nitrogens is 3. The van der Waals surface area contributed by atoms with E-state index in [1.165, 1.54) is 18.3 Å². The second-order valence-corrected chi connectivity index (χ2v) is 9.62. The molecule has 0 aliphatic heterocycles. The minimum absolute atomic E-state index is 0.0296. The molecule has 13 heteroatoms. The van der Waals surface area contributed by atoms with Crippen LogP contribution in [0.15, 0.2) is 68.6 Å². The lowest BCUT2D eigenvalue weighted by Gasteiger charge is -2.11. The lowest BCUT2D eigenvalue weighted by atomic mass is 10.1. The van der Waals surface area contributed by atoms with E-state index in [0.717, 1.165) is 21.3 Å². The van der Waals surface area contributed by atoms with E-state index in [1.807, 2.05) is 32.0 Å². The van der Waals surface area contributed by atoms with Crippen LogP contribution in [-0.4, -0.2) is 31.2 Å². The number of nitrogens with one attached hydrogen (secondary N) is 3. The van der Waals surface area contributed by atoms with Crippen molar-refractivity contribution >= 4 is 73.0 Å². The monoisotopic (exact) mass is 626 g/mol. The van der Waals surface area contributed by atoms with Crippen molar-refractivity contribution in [3.05, 3.63) is 90.3 Å². The lowest BCUT2D eigenvalue weighted by molar-refractivity contribution is -0.384. The molecule has 0 aliphatic carbocycles. The van der Waals surface area contributed by atoms with Gasteiger partial charge < -0.3 is 15.7 Å². The Morgan fingerprint density at radius 3 is 2.16 bits per heavy atom. The average Bonchev–Trinajstić information content (AvgIpc) is 2.84. The standard InChI is InChI=1S/C24H20Br2N8O3/c1-13-3-4-18(9-14(13)2)29-23-30-22(28-17-5-7-19(8-6-17)34(36)37)31-24(32-23)33-27-12-15-10-16(25)11-20(26)21(15)35/h3-12,35H,1-2H3,(H3,28,29,30,31,32,33)/b27-12+. The van der Waals surface area contributed by atoms with Crippen LogP contribution in [0.25, 0.3) is 0 Å². The molecule has 0 amide bonds. The van der Waals surface area contributed by atoms with Gasteiger partial charge in [0, 0.05) is 33.5 Å². The van der Waals surface area contributed by atoms with E-state index in [-0.39, 0.29) is 29.3 Å². The van der Waals surface area contributed by atoms with Gasteiger partial charge in [-0.25, -0.2) is 5.43 Å². The van der Waals surface area contributed by atoms with E-state index in [0.29, 0.717) is 15.7 Å². The zero-order chi connectivity index (χ0) is 26.5. The molecule has 4 aromatic rings. The van der Waals surface area contributed by atoms with Crippen LogP contribution in [-0.2, 0) is 0 Å². The molecule has 4 rings (SSSR count). The van der Waals surface area contributed by atoms with Crippen LogP contribution in [0.1, 0.15) is 16.7 Å². The minimum atomic E-state index is -0.472. The van der Waals surface area contributed by atoms with Gasteiger partial charge in [0.1, 0.15) is 5.75 Å². The number of nitro benzene ring substituents is 1. The fourth-order valence-corrected chi connectivity index (χ4v) is 4.38. The van der Waals surface area contributed by atoms with Crippen molar-refractivity contribution in [2.45, 2.75) is 13.8 Å². The van der Waals surface area contributed by atoms with E-state index in [2.05, 4.69) is 68.0 Å². The molecule has 3 aromatic carbocycles. The number of aromatic hydroxyl groups is 1. The summed E-state index contributed by atoms with van der Waals surface area (Å²) in [6, 6.07) is 15.2. The Morgan fingerprint density at radius 2 is 1.51 bits per heavy atom. The number of benzene rings is 3. The number of halogens is 2. The highest BCUT2D eigenvalue weighted by atomic mass is 79.9. The molecule has 37 heavy (non-hydrogen) atoms. The Kier molecular flexibility index (Phi) is 7.94. The fraction of sp³-hybridized carbons (Fsp3) is 0.0833. The first kappa shape index (κ1) is 26.0. The second-order valence-electron chi connectivity index (χ2n) is 7.85. The number of hydrogen-bond acceptors (Lipinski definition) is 10. The number of nitro groups is 1. The van der Waals surface area contributed by atoms with Crippen LogP contribution in [0, 0.1) is 24.0 Å². The smallest absolute Gasteiger partial charge is 0.269 e. The maximum absolute atomic E-state index is 10.9. The number of nitrogens with zero attached hydrogens (tertiary/aromatic N) is 5. The molecule has 0 spiro atoms. The van der Waals surface area contributed by atoms with Gasteiger partial charge in [-0.2, -0.15) is 20.1 Å². The van der Waals surface area contributed by atoms with Crippen molar-refractivity contribution in [1.29, 1.82) is 0 Å². The summed E-state index contributed by atoms with van der Waals surface area (Å²) in [6.45, 7) is 4.03. The van der Waals surface area contributed by atoms with E-state index in [4.69, 9.17) is 0 Å². The van der Waals surface area contributed by atoms with Gasteiger partial charge in [0.05, 0.1) is 15.6 Å². The first-order valence-corrected chi connectivity index (χ1v) is 12.4. The summed E-state index contributed by atoms with van der Waals surface area (Å²) >= 11 is 6.67. The summed E-state index contributed by atoms with van der Waals surface area (Å²) < 4.78 is 1.27. The third kappa shape index (κ3) is 6.77. The van der Waals surface area contributed by atoms with Crippen LogP contribution >= 0.6 is 31.9 Å².